The van der Waals surface area contributed by atoms with Gasteiger partial charge < -0.3 is 0 Å². The van der Waals surface area contributed by atoms with Crippen molar-refractivity contribution in [3.63, 3.8) is 0 Å². The van der Waals surface area contributed by atoms with Crippen LogP contribution in [-0.4, -0.2) is 12.3 Å². The molecule has 0 aliphatic heterocycles. The maximum atomic E-state index is 3.51. The van der Waals surface area contributed by atoms with E-state index in [2.05, 4.69) is 62.4 Å². The Morgan fingerprint density at radius 3 is 2.42 bits per heavy atom. The molecule has 92 valence electrons. The summed E-state index contributed by atoms with van der Waals surface area (Å²) >= 11 is 0. The van der Waals surface area contributed by atoms with Gasteiger partial charge in [0.05, 0.1) is 0 Å². The molecule has 0 N–H and O–H groups in total. The van der Waals surface area contributed by atoms with Crippen molar-refractivity contribution in [2.45, 2.75) is 19.5 Å². The first-order valence-electron chi connectivity index (χ1n) is 6.70. The van der Waals surface area contributed by atoms with Gasteiger partial charge >= 0.3 is 18.9 Å². The van der Waals surface area contributed by atoms with E-state index in [9.17, 15) is 0 Å². The molecule has 1 aliphatic carbocycles. The molecule has 1 unspecified atom stereocenters. The summed E-state index contributed by atoms with van der Waals surface area (Å²) in [5.74, 6) is 0. The molecule has 2 aromatic rings. The van der Waals surface area contributed by atoms with E-state index in [1.165, 1.54) is 34.6 Å². The molecule has 0 saturated carbocycles. The first kappa shape index (κ1) is 14.9. The molecular formula is C17H18LiP. The van der Waals surface area contributed by atoms with E-state index in [1.54, 1.807) is 0 Å². The van der Waals surface area contributed by atoms with E-state index in [4.69, 9.17) is 0 Å². The van der Waals surface area contributed by atoms with Crippen molar-refractivity contribution in [2.24, 2.45) is 0 Å². The Morgan fingerprint density at radius 2 is 1.68 bits per heavy atom. The largest absolute Gasteiger partial charge is 1.00 e. The molecule has 0 fully saturated rings. The topological polar surface area (TPSA) is 0 Å². The number of hydrogen-bond acceptors (Lipinski definition) is 0. The van der Waals surface area contributed by atoms with Crippen LogP contribution in [0.3, 0.4) is 0 Å². The first-order valence-corrected chi connectivity index (χ1v) is 8.48. The summed E-state index contributed by atoms with van der Waals surface area (Å²) in [5.41, 5.74) is 6.43. The molecule has 2 aromatic carbocycles. The fourth-order valence-corrected chi connectivity index (χ4v) is 5.39. The second-order valence-electron chi connectivity index (χ2n) is 4.71. The fraction of sp³-hybridized carbons (Fsp3) is 0.294. The zero-order valence-corrected chi connectivity index (χ0v) is 12.9. The zero-order valence-electron chi connectivity index (χ0n) is 12.0. The molecule has 2 heteroatoms. The van der Waals surface area contributed by atoms with Gasteiger partial charge in [-0.3, -0.25) is 0 Å². The molecule has 0 radical (unpaired) electrons. The molecule has 1 aliphatic rings. The Bertz CT molecular complexity index is 515. The van der Waals surface area contributed by atoms with E-state index in [0.29, 0.717) is 5.66 Å². The van der Waals surface area contributed by atoms with Crippen molar-refractivity contribution < 1.29 is 18.9 Å². The van der Waals surface area contributed by atoms with Gasteiger partial charge in [-0.05, 0) is 17.9 Å². The second-order valence-corrected chi connectivity index (χ2v) is 7.67. The molecule has 0 aromatic heterocycles. The van der Waals surface area contributed by atoms with E-state index < -0.39 is 0 Å². The van der Waals surface area contributed by atoms with Crippen molar-refractivity contribution in [3.05, 3.63) is 59.7 Å². The van der Waals surface area contributed by atoms with Crippen molar-refractivity contribution in [2.75, 3.05) is 12.3 Å². The van der Waals surface area contributed by atoms with Gasteiger partial charge in [-0.1, -0.05) is 51.6 Å². The van der Waals surface area contributed by atoms with Gasteiger partial charge in [0.1, 0.15) is 0 Å². The smallest absolute Gasteiger partial charge is 0.179 e. The van der Waals surface area contributed by atoms with Crippen LogP contribution in [0, 0.1) is 6.07 Å². The van der Waals surface area contributed by atoms with Crippen molar-refractivity contribution in [3.8, 4) is 11.1 Å². The van der Waals surface area contributed by atoms with Gasteiger partial charge in [0.25, 0.3) is 0 Å². The maximum Gasteiger partial charge on any atom is 1.00 e. The van der Waals surface area contributed by atoms with Crippen molar-refractivity contribution in [1.82, 2.24) is 0 Å². The summed E-state index contributed by atoms with van der Waals surface area (Å²) in [5, 5.41) is 0. The van der Waals surface area contributed by atoms with Gasteiger partial charge in [-0.2, -0.15) is 24.3 Å². The number of rotatable bonds is 3. The van der Waals surface area contributed by atoms with Gasteiger partial charge in [0.2, 0.25) is 0 Å². The predicted octanol–water partition coefficient (Wildman–Crippen LogP) is 2.08. The molecule has 0 nitrogen and oxygen atoms in total. The molecule has 3 rings (SSSR count). The number of hydrogen-bond donors (Lipinski definition) is 0. The standard InChI is InChI=1S/C17H18P.Li/c1-3-18(4-2)17-15-11-7-5-9-13(15)14-10-6-8-12-16(14)17;/h5-11,17H,3-4H2,1-2H3;/q-1;+1. The Hall–Kier alpha value is -0.533. The minimum absolute atomic E-state index is 0. The van der Waals surface area contributed by atoms with Crippen LogP contribution in [0.15, 0.2) is 42.5 Å². The second kappa shape index (κ2) is 6.28. The molecule has 0 spiro atoms. The van der Waals surface area contributed by atoms with Crippen LogP contribution < -0.4 is 18.9 Å². The SMILES string of the molecule is CCP(CC)C1c2[c-]cccc2-c2ccccc21.[Li+]. The average Bonchev–Trinajstić information content (AvgIpc) is 2.76. The van der Waals surface area contributed by atoms with Gasteiger partial charge in [0.15, 0.2) is 0 Å². The summed E-state index contributed by atoms with van der Waals surface area (Å²) in [6.07, 6.45) is 2.60. The van der Waals surface area contributed by atoms with Crippen LogP contribution in [0.25, 0.3) is 11.1 Å². The fourth-order valence-electron chi connectivity index (χ4n) is 3.02. The Morgan fingerprint density at radius 1 is 1.00 bits per heavy atom. The summed E-state index contributed by atoms with van der Waals surface area (Å²) in [6.45, 7) is 4.66. The van der Waals surface area contributed by atoms with Gasteiger partial charge in [-0.25, -0.2) is 0 Å². The maximum absolute atomic E-state index is 3.51. The van der Waals surface area contributed by atoms with E-state index >= 15 is 0 Å². The van der Waals surface area contributed by atoms with Crippen LogP contribution in [0.1, 0.15) is 30.6 Å². The van der Waals surface area contributed by atoms with Crippen LogP contribution in [0.2, 0.25) is 0 Å². The van der Waals surface area contributed by atoms with Crippen molar-refractivity contribution in [1.29, 1.82) is 0 Å². The molecule has 0 amide bonds. The van der Waals surface area contributed by atoms with E-state index in [1.807, 2.05) is 0 Å². The van der Waals surface area contributed by atoms with Crippen molar-refractivity contribution >= 4 is 7.92 Å². The third-order valence-electron chi connectivity index (χ3n) is 3.88. The Labute approximate surface area is 129 Å². The minimum Gasteiger partial charge on any atom is -0.179 e. The third kappa shape index (κ3) is 2.43. The molecular weight excluding hydrogens is 242 g/mol. The third-order valence-corrected chi connectivity index (χ3v) is 6.78. The summed E-state index contributed by atoms with van der Waals surface area (Å²) < 4.78 is 0. The minimum atomic E-state index is 0. The molecule has 0 bridgehead atoms. The van der Waals surface area contributed by atoms with Crippen LogP contribution in [0.5, 0.6) is 0 Å². The molecule has 19 heavy (non-hydrogen) atoms. The molecule has 0 saturated heterocycles. The summed E-state index contributed by atoms with van der Waals surface area (Å²) in [4.78, 5) is 0. The van der Waals surface area contributed by atoms with Crippen LogP contribution >= 0.6 is 7.92 Å². The van der Waals surface area contributed by atoms with Gasteiger partial charge in [-0.15, -0.1) is 11.1 Å². The van der Waals surface area contributed by atoms with E-state index in [-0.39, 0.29) is 26.8 Å². The normalized spacial score (nSPS) is 15.8. The van der Waals surface area contributed by atoms with Crippen LogP contribution in [0.4, 0.5) is 0 Å². The zero-order chi connectivity index (χ0) is 12.5. The number of benzene rings is 2. The Balaban J connectivity index is 0.00000133. The van der Waals surface area contributed by atoms with Gasteiger partial charge in [0, 0.05) is 5.66 Å². The molecule has 0 heterocycles. The Kier molecular flexibility index (Phi) is 4.91. The first-order chi connectivity index (χ1) is 8.86. The monoisotopic (exact) mass is 260 g/mol. The summed E-state index contributed by atoms with van der Waals surface area (Å²) in [7, 11) is 0.0382. The summed E-state index contributed by atoms with van der Waals surface area (Å²) in [6, 6.07) is 18.8. The quantitative estimate of drug-likeness (QED) is 0.450. The average molecular weight is 260 g/mol. The molecule has 1 atom stereocenters. The number of fused-ring (bicyclic) bond motifs is 3. The van der Waals surface area contributed by atoms with Crippen LogP contribution in [-0.2, 0) is 0 Å². The predicted molar refractivity (Wildman–Crippen MR) is 80.6 cm³/mol. The van der Waals surface area contributed by atoms with E-state index in [0.717, 1.165) is 0 Å².